The number of nitrogens with zero attached hydrogens (tertiary/aromatic N) is 1. The lowest BCUT2D eigenvalue weighted by molar-refractivity contribution is -0.139. The monoisotopic (exact) mass is 258 g/mol. The van der Waals surface area contributed by atoms with Crippen LogP contribution in [0.3, 0.4) is 0 Å². The Kier molecular flexibility index (Phi) is 4.54. The average molecular weight is 258 g/mol. The van der Waals surface area contributed by atoms with Crippen molar-refractivity contribution >= 4 is 5.91 Å². The summed E-state index contributed by atoms with van der Waals surface area (Å²) in [5.74, 6) is -0.562. The Hall–Kier alpha value is -2.23. The molecule has 0 saturated heterocycles. The summed E-state index contributed by atoms with van der Waals surface area (Å²) in [6.07, 6.45) is -4.44. The van der Waals surface area contributed by atoms with Crippen LogP contribution in [0, 0.1) is 11.3 Å². The summed E-state index contributed by atoms with van der Waals surface area (Å²) >= 11 is 0. The van der Waals surface area contributed by atoms with Crippen molar-refractivity contribution in [1.29, 1.82) is 5.26 Å². The van der Waals surface area contributed by atoms with Gasteiger partial charge in [0, 0.05) is 0 Å². The van der Waals surface area contributed by atoms with Crippen LogP contribution in [0.2, 0.25) is 0 Å². The van der Waals surface area contributed by atoms with E-state index in [0.717, 1.165) is 0 Å². The number of carbonyl (C=O) groups excluding carboxylic acids is 1. The molecule has 0 unspecified atom stereocenters. The highest BCUT2D eigenvalue weighted by atomic mass is 19.4. The molecule has 96 valence electrons. The van der Waals surface area contributed by atoms with Crippen LogP contribution in [0.15, 0.2) is 24.3 Å². The molecule has 0 radical (unpaired) electrons. The van der Waals surface area contributed by atoms with Gasteiger partial charge in [0.15, 0.2) is 6.61 Å². The molecule has 0 aliphatic rings. The van der Waals surface area contributed by atoms with Gasteiger partial charge in [-0.25, -0.2) is 0 Å². The largest absolute Gasteiger partial charge is 0.484 e. The first-order valence-electron chi connectivity index (χ1n) is 4.87. The van der Waals surface area contributed by atoms with Gasteiger partial charge < -0.3 is 10.1 Å². The highest BCUT2D eigenvalue weighted by Crippen LogP contribution is 2.13. The van der Waals surface area contributed by atoms with E-state index in [4.69, 9.17) is 10.00 Å². The smallest absolute Gasteiger partial charge is 0.405 e. The third-order valence-corrected chi connectivity index (χ3v) is 1.84. The van der Waals surface area contributed by atoms with Gasteiger partial charge >= 0.3 is 6.18 Å². The van der Waals surface area contributed by atoms with Gasteiger partial charge in [-0.05, 0) is 24.3 Å². The molecule has 0 fully saturated rings. The Labute approximate surface area is 101 Å². The highest BCUT2D eigenvalue weighted by molar-refractivity contribution is 5.77. The second-order valence-corrected chi connectivity index (χ2v) is 3.32. The zero-order valence-corrected chi connectivity index (χ0v) is 9.12. The zero-order chi connectivity index (χ0) is 13.6. The highest BCUT2D eigenvalue weighted by Gasteiger charge is 2.27. The van der Waals surface area contributed by atoms with Gasteiger partial charge in [-0.2, -0.15) is 18.4 Å². The second-order valence-electron chi connectivity index (χ2n) is 3.32. The molecule has 1 aromatic rings. The molecule has 1 N–H and O–H groups in total. The Morgan fingerprint density at radius 1 is 1.33 bits per heavy atom. The zero-order valence-electron chi connectivity index (χ0n) is 9.12. The number of ether oxygens (including phenoxy) is 1. The fraction of sp³-hybridized carbons (Fsp3) is 0.273. The standard InChI is InChI=1S/C11H9F3N2O2/c12-11(13,14)7-16-10(17)6-18-9-3-1-8(5-15)2-4-9/h1-4H,6-7H2,(H,16,17). The number of carbonyl (C=O) groups is 1. The van der Waals surface area contributed by atoms with E-state index in [-0.39, 0.29) is 0 Å². The molecule has 0 aromatic heterocycles. The molecule has 18 heavy (non-hydrogen) atoms. The first-order chi connectivity index (χ1) is 8.40. The first kappa shape index (κ1) is 13.8. The SMILES string of the molecule is N#Cc1ccc(OCC(=O)NCC(F)(F)F)cc1. The summed E-state index contributed by atoms with van der Waals surface area (Å²) in [5, 5.41) is 10.2. The van der Waals surface area contributed by atoms with Crippen LogP contribution in [-0.2, 0) is 4.79 Å². The van der Waals surface area contributed by atoms with Crippen molar-refractivity contribution in [1.82, 2.24) is 5.32 Å². The molecular weight excluding hydrogens is 249 g/mol. The van der Waals surface area contributed by atoms with Gasteiger partial charge in [0.2, 0.25) is 0 Å². The van der Waals surface area contributed by atoms with Crippen molar-refractivity contribution in [3.63, 3.8) is 0 Å². The summed E-state index contributed by atoms with van der Waals surface area (Å²) in [6.45, 7) is -1.90. The van der Waals surface area contributed by atoms with Crippen LogP contribution in [-0.4, -0.2) is 25.2 Å². The molecule has 1 amide bonds. The number of alkyl halides is 3. The van der Waals surface area contributed by atoms with Gasteiger partial charge in [0.1, 0.15) is 12.3 Å². The fourth-order valence-corrected chi connectivity index (χ4v) is 1.02. The van der Waals surface area contributed by atoms with Crippen molar-refractivity contribution in [3.05, 3.63) is 29.8 Å². The molecule has 0 aliphatic carbocycles. The van der Waals surface area contributed by atoms with E-state index in [1.54, 1.807) is 5.32 Å². The summed E-state index contributed by atoms with van der Waals surface area (Å²) in [5.41, 5.74) is 0.420. The van der Waals surface area contributed by atoms with Crippen LogP contribution in [0.25, 0.3) is 0 Å². The van der Waals surface area contributed by atoms with Gasteiger partial charge in [0.25, 0.3) is 5.91 Å². The number of amides is 1. The fourth-order valence-electron chi connectivity index (χ4n) is 1.02. The normalized spacial score (nSPS) is 10.6. The third-order valence-electron chi connectivity index (χ3n) is 1.84. The van der Waals surface area contributed by atoms with E-state index < -0.39 is 25.2 Å². The molecule has 1 aromatic carbocycles. The molecule has 0 bridgehead atoms. The summed E-state index contributed by atoms with van der Waals surface area (Å²) in [6, 6.07) is 7.75. The van der Waals surface area contributed by atoms with Crippen LogP contribution < -0.4 is 10.1 Å². The minimum absolute atomic E-state index is 0.302. The van der Waals surface area contributed by atoms with Crippen molar-refractivity contribution in [2.24, 2.45) is 0 Å². The lowest BCUT2D eigenvalue weighted by Crippen LogP contribution is -2.36. The minimum Gasteiger partial charge on any atom is -0.484 e. The number of nitriles is 1. The van der Waals surface area contributed by atoms with Crippen LogP contribution in [0.1, 0.15) is 5.56 Å². The Morgan fingerprint density at radius 3 is 2.44 bits per heavy atom. The van der Waals surface area contributed by atoms with Crippen LogP contribution >= 0.6 is 0 Å². The first-order valence-corrected chi connectivity index (χ1v) is 4.87. The number of rotatable bonds is 4. The maximum atomic E-state index is 11.8. The predicted molar refractivity (Wildman–Crippen MR) is 55.7 cm³/mol. The average Bonchev–Trinajstić information content (AvgIpc) is 2.33. The molecule has 0 saturated carbocycles. The summed E-state index contributed by atoms with van der Waals surface area (Å²) in [7, 11) is 0. The van der Waals surface area contributed by atoms with Crippen molar-refractivity contribution in [3.8, 4) is 11.8 Å². The van der Waals surface area contributed by atoms with Crippen molar-refractivity contribution < 1.29 is 22.7 Å². The van der Waals surface area contributed by atoms with E-state index in [9.17, 15) is 18.0 Å². The van der Waals surface area contributed by atoms with E-state index in [1.807, 2.05) is 6.07 Å². The Morgan fingerprint density at radius 2 is 1.94 bits per heavy atom. The molecule has 0 aliphatic heterocycles. The molecule has 1 rings (SSSR count). The quantitative estimate of drug-likeness (QED) is 0.892. The van der Waals surface area contributed by atoms with Crippen LogP contribution in [0.5, 0.6) is 5.75 Å². The number of benzene rings is 1. The molecular formula is C11H9F3N2O2. The lowest BCUT2D eigenvalue weighted by atomic mass is 10.2. The topological polar surface area (TPSA) is 62.1 Å². The van der Waals surface area contributed by atoms with Gasteiger partial charge in [0.05, 0.1) is 11.6 Å². The van der Waals surface area contributed by atoms with Crippen molar-refractivity contribution in [2.45, 2.75) is 6.18 Å². The number of hydrogen-bond acceptors (Lipinski definition) is 3. The Balaban J connectivity index is 2.36. The van der Waals surface area contributed by atoms with E-state index >= 15 is 0 Å². The molecule has 0 spiro atoms. The number of halogens is 3. The van der Waals surface area contributed by atoms with Gasteiger partial charge in [-0.15, -0.1) is 0 Å². The molecule has 7 heteroatoms. The van der Waals surface area contributed by atoms with E-state index in [2.05, 4.69) is 0 Å². The number of hydrogen-bond donors (Lipinski definition) is 1. The molecule has 0 heterocycles. The van der Waals surface area contributed by atoms with Crippen molar-refractivity contribution in [2.75, 3.05) is 13.2 Å². The maximum absolute atomic E-state index is 11.8. The van der Waals surface area contributed by atoms with Gasteiger partial charge in [-0.3, -0.25) is 4.79 Å². The maximum Gasteiger partial charge on any atom is 0.405 e. The third kappa shape index (κ3) is 5.21. The second kappa shape index (κ2) is 5.91. The number of nitrogens with one attached hydrogen (secondary N) is 1. The van der Waals surface area contributed by atoms with Gasteiger partial charge in [-0.1, -0.05) is 0 Å². The Bertz CT molecular complexity index is 449. The molecule has 4 nitrogen and oxygen atoms in total. The minimum atomic E-state index is -4.44. The summed E-state index contributed by atoms with van der Waals surface area (Å²) < 4.78 is 40.3. The van der Waals surface area contributed by atoms with E-state index in [1.165, 1.54) is 24.3 Å². The summed E-state index contributed by atoms with van der Waals surface area (Å²) in [4.78, 5) is 11.0. The lowest BCUT2D eigenvalue weighted by Gasteiger charge is -2.09. The predicted octanol–water partition coefficient (Wildman–Crippen LogP) is 1.62. The van der Waals surface area contributed by atoms with Crippen LogP contribution in [0.4, 0.5) is 13.2 Å². The van der Waals surface area contributed by atoms with E-state index in [0.29, 0.717) is 11.3 Å². The molecule has 0 atom stereocenters.